The van der Waals surface area contributed by atoms with Gasteiger partial charge < -0.3 is 8.83 Å². The van der Waals surface area contributed by atoms with Crippen LogP contribution in [0.3, 0.4) is 0 Å². The van der Waals surface area contributed by atoms with Gasteiger partial charge in [-0.05, 0) is 97.8 Å². The molecule has 7 aromatic carbocycles. The first-order valence-electron chi connectivity index (χ1n) is 22.7. The number of nitrogens with zero attached hydrogens (tertiary/aromatic N) is 2. The number of pyridine rings is 2. The Hall–Kier alpha value is -6.28. The first kappa shape index (κ1) is 38.6. The van der Waals surface area contributed by atoms with Crippen molar-refractivity contribution in [1.29, 1.82) is 0 Å². The monoisotopic (exact) mass is 822 g/mol. The van der Waals surface area contributed by atoms with Crippen LogP contribution in [0.1, 0.15) is 90.2 Å². The summed E-state index contributed by atoms with van der Waals surface area (Å²) in [5, 5.41) is 10.8. The van der Waals surface area contributed by atoms with E-state index in [1.54, 1.807) is 0 Å². The molecule has 8 nitrogen and oxygen atoms in total. The normalized spacial score (nSPS) is 13.8. The van der Waals surface area contributed by atoms with Gasteiger partial charge in [0.25, 0.3) is 22.2 Å². The second-order valence-corrected chi connectivity index (χ2v) is 18.3. The molecule has 4 heterocycles. The van der Waals surface area contributed by atoms with Crippen molar-refractivity contribution in [3.8, 4) is 0 Å². The zero-order valence-corrected chi connectivity index (χ0v) is 36.3. The molecule has 0 spiro atoms. The lowest BCUT2D eigenvalue weighted by Crippen LogP contribution is -2.35. The molecule has 0 N–H and O–H groups in total. The van der Waals surface area contributed by atoms with Gasteiger partial charge in [0, 0.05) is 77.7 Å². The van der Waals surface area contributed by atoms with Crippen LogP contribution in [0, 0.1) is 25.7 Å². The van der Waals surface area contributed by atoms with Crippen LogP contribution in [0.15, 0.2) is 88.7 Å². The highest BCUT2D eigenvalue weighted by Crippen LogP contribution is 2.52. The number of hydrogen-bond acceptors (Lipinski definition) is 6. The third-order valence-corrected chi connectivity index (χ3v) is 14.4. The Bertz CT molecular complexity index is 3630. The van der Waals surface area contributed by atoms with Gasteiger partial charge in [0.2, 0.25) is 0 Å². The molecule has 0 fully saturated rings. The molecule has 0 aliphatic carbocycles. The number of hydrogen-bond donors (Lipinski definition) is 0. The summed E-state index contributed by atoms with van der Waals surface area (Å²) in [7, 11) is 0. The van der Waals surface area contributed by atoms with Gasteiger partial charge in [0.1, 0.15) is 22.3 Å². The molecular weight excluding hydrogens is 773 g/mol. The highest BCUT2D eigenvalue weighted by molar-refractivity contribution is 6.50. The van der Waals surface area contributed by atoms with E-state index >= 15 is 9.59 Å². The fraction of sp³-hybridized carbons (Fsp3) is 0.333. The molecule has 0 radical (unpaired) electrons. The van der Waals surface area contributed by atoms with Crippen LogP contribution >= 0.6 is 0 Å². The highest BCUT2D eigenvalue weighted by Gasteiger charge is 2.30. The van der Waals surface area contributed by atoms with Crippen LogP contribution in [-0.4, -0.2) is 9.13 Å². The van der Waals surface area contributed by atoms with E-state index in [0.717, 1.165) is 116 Å². The molecule has 0 bridgehead atoms. The topological polar surface area (TPSA) is 104 Å². The molecule has 0 saturated heterocycles. The largest absolute Gasteiger partial charge is 0.456 e. The maximum Gasteiger partial charge on any atom is 0.261 e. The lowest BCUT2D eigenvalue weighted by molar-refractivity contribution is 0.382. The number of aryl methyl sites for hydroxylation is 2. The molecule has 11 aromatic rings. The second kappa shape index (κ2) is 14.1. The van der Waals surface area contributed by atoms with Crippen molar-refractivity contribution < 1.29 is 8.83 Å². The van der Waals surface area contributed by atoms with Crippen molar-refractivity contribution in [3.63, 3.8) is 0 Å². The Labute approximate surface area is 356 Å². The van der Waals surface area contributed by atoms with Gasteiger partial charge in [-0.15, -0.1) is 0 Å². The maximum atomic E-state index is 15.1. The first-order valence-corrected chi connectivity index (χ1v) is 22.7. The minimum atomic E-state index is -0.324. The van der Waals surface area contributed by atoms with Crippen LogP contribution in [0.4, 0.5) is 0 Å². The predicted molar refractivity (Wildman–Crippen MR) is 257 cm³/mol. The van der Waals surface area contributed by atoms with E-state index < -0.39 is 0 Å². The SMILES string of the molecule is CCCCC(CC)Cn1c(=O)c2cc3oc4ccc(C)cc4c4cc5c(=O)n(CC(CC)CCCC)c(=O)c6cc7oc8ccc(C)cc8c8cc(c1=O)c2c1c3c4c(c65)c7c81. The molecule has 11 rings (SSSR count). The fourth-order valence-electron chi connectivity index (χ4n) is 11.1. The highest BCUT2D eigenvalue weighted by atomic mass is 16.3. The average Bonchev–Trinajstić information content (AvgIpc) is 3.50. The fourth-order valence-corrected chi connectivity index (χ4v) is 11.1. The van der Waals surface area contributed by atoms with Crippen molar-refractivity contribution in [2.75, 3.05) is 0 Å². The van der Waals surface area contributed by atoms with Gasteiger partial charge in [0.05, 0.1) is 10.8 Å². The minimum Gasteiger partial charge on any atom is -0.456 e. The molecule has 8 heteroatoms. The number of fused-ring (bicyclic) bond motifs is 4. The Balaban J connectivity index is 1.45. The molecule has 0 aliphatic rings. The number of unbranched alkanes of at least 4 members (excludes halogenated alkanes) is 2. The summed E-state index contributed by atoms with van der Waals surface area (Å²) in [5.74, 6) is 0.344. The van der Waals surface area contributed by atoms with Crippen molar-refractivity contribution in [2.45, 2.75) is 106 Å². The maximum absolute atomic E-state index is 15.1. The van der Waals surface area contributed by atoms with Crippen LogP contribution in [0.25, 0.3) is 109 Å². The molecular formula is C54H50N2O6. The van der Waals surface area contributed by atoms with Gasteiger partial charge in [-0.3, -0.25) is 28.3 Å². The third-order valence-electron chi connectivity index (χ3n) is 14.4. The zero-order chi connectivity index (χ0) is 42.9. The van der Waals surface area contributed by atoms with E-state index in [9.17, 15) is 9.59 Å². The summed E-state index contributed by atoms with van der Waals surface area (Å²) < 4.78 is 17.0. The zero-order valence-electron chi connectivity index (χ0n) is 36.3. The van der Waals surface area contributed by atoms with Crippen molar-refractivity contribution in [3.05, 3.63) is 113 Å². The van der Waals surface area contributed by atoms with Gasteiger partial charge in [0.15, 0.2) is 0 Å². The van der Waals surface area contributed by atoms with Crippen molar-refractivity contribution >= 4 is 109 Å². The molecule has 4 aromatic heterocycles. The summed E-state index contributed by atoms with van der Waals surface area (Å²) in [4.78, 5) is 60.1. The van der Waals surface area contributed by atoms with E-state index in [2.05, 4.69) is 39.8 Å². The lowest BCUT2D eigenvalue weighted by Gasteiger charge is -2.21. The molecule has 0 amide bonds. The summed E-state index contributed by atoms with van der Waals surface area (Å²) >= 11 is 0. The molecule has 2 unspecified atom stereocenters. The standard InChI is InChI=1S/C54H50N2O6/c1-7-11-13-29(9-3)25-55-51(57)35-21-33-31-19-27(5)15-17-39(31)62-42-24-38-44-36(52(58)56(54(38)60)26-30(10-4)14-12-8-2)22-34-32-20-28(6)16-18-40(32)61-41-23-37(53(55)59)43(35)49-45(33)48(42)50(44)46(34)47(41)49/h15-24,29-30H,7-14,25-26H2,1-6H3. The minimum absolute atomic E-state index is 0.172. The molecule has 2 atom stereocenters. The summed E-state index contributed by atoms with van der Waals surface area (Å²) in [6.07, 6.45) is 7.70. The summed E-state index contributed by atoms with van der Waals surface area (Å²) in [6.45, 7) is 13.3. The Morgan fingerprint density at radius 2 is 0.806 bits per heavy atom. The Kier molecular flexibility index (Phi) is 8.80. The van der Waals surface area contributed by atoms with Crippen LogP contribution in [-0.2, 0) is 13.1 Å². The lowest BCUT2D eigenvalue weighted by atomic mass is 9.82. The second-order valence-electron chi connectivity index (χ2n) is 18.3. The number of aromatic nitrogens is 2. The van der Waals surface area contributed by atoms with E-state index in [1.165, 1.54) is 9.13 Å². The van der Waals surface area contributed by atoms with Gasteiger partial charge >= 0.3 is 0 Å². The van der Waals surface area contributed by atoms with Gasteiger partial charge in [-0.25, -0.2) is 0 Å². The Morgan fingerprint density at radius 1 is 0.419 bits per heavy atom. The van der Waals surface area contributed by atoms with Gasteiger partial charge in [-0.1, -0.05) is 89.5 Å². The first-order chi connectivity index (χ1) is 30.1. The average molecular weight is 823 g/mol. The van der Waals surface area contributed by atoms with E-state index in [0.29, 0.717) is 67.7 Å². The molecule has 0 aliphatic heterocycles. The molecule has 62 heavy (non-hydrogen) atoms. The quantitative estimate of drug-likeness (QED) is 0.0897. The van der Waals surface area contributed by atoms with Crippen LogP contribution < -0.4 is 22.2 Å². The van der Waals surface area contributed by atoms with E-state index in [1.807, 2.05) is 62.4 Å². The number of rotatable bonds is 12. The predicted octanol–water partition coefficient (Wildman–Crippen LogP) is 12.8. The third kappa shape index (κ3) is 5.31. The van der Waals surface area contributed by atoms with Crippen molar-refractivity contribution in [1.82, 2.24) is 9.13 Å². The Morgan fingerprint density at radius 3 is 1.18 bits per heavy atom. The summed E-state index contributed by atoms with van der Waals surface area (Å²) in [6, 6.07) is 19.7. The van der Waals surface area contributed by atoms with E-state index in [4.69, 9.17) is 8.83 Å². The van der Waals surface area contributed by atoms with Crippen LogP contribution in [0.2, 0.25) is 0 Å². The molecule has 312 valence electrons. The van der Waals surface area contributed by atoms with Gasteiger partial charge in [-0.2, -0.15) is 0 Å². The van der Waals surface area contributed by atoms with Crippen LogP contribution in [0.5, 0.6) is 0 Å². The van der Waals surface area contributed by atoms with E-state index in [-0.39, 0.29) is 34.1 Å². The summed E-state index contributed by atoms with van der Waals surface area (Å²) in [5.41, 5.74) is 2.96. The number of benzene rings is 7. The van der Waals surface area contributed by atoms with Crippen molar-refractivity contribution in [2.24, 2.45) is 11.8 Å². The smallest absolute Gasteiger partial charge is 0.261 e. The molecule has 0 saturated carbocycles.